The van der Waals surface area contributed by atoms with E-state index in [1.165, 1.54) is 0 Å². The number of halogens is 1. The summed E-state index contributed by atoms with van der Waals surface area (Å²) in [6.07, 6.45) is 0. The molecule has 0 aliphatic rings. The topological polar surface area (TPSA) is 55.4 Å². The Morgan fingerprint density at radius 1 is 0.750 bits per heavy atom. The number of nitrogens with one attached hydrogen (secondary N) is 1. The van der Waals surface area contributed by atoms with Gasteiger partial charge in [-0.25, -0.2) is 0 Å². The summed E-state index contributed by atoms with van der Waals surface area (Å²) in [7, 11) is 0. The lowest BCUT2D eigenvalue weighted by molar-refractivity contribution is 0.102. The molecule has 4 aromatic carbocycles. The maximum absolute atomic E-state index is 13.1. The molecule has 0 saturated heterocycles. The Kier molecular flexibility index (Phi) is 6.63. The summed E-state index contributed by atoms with van der Waals surface area (Å²) in [4.78, 5) is 26.1. The molecule has 0 fully saturated rings. The van der Waals surface area contributed by atoms with E-state index in [-0.39, 0.29) is 11.7 Å². The number of rotatable bonds is 7. The maximum Gasteiger partial charge on any atom is 0.259 e. The number of carbonyl (C=O) groups is 2. The molecule has 1 amide bonds. The van der Waals surface area contributed by atoms with Gasteiger partial charge in [-0.2, -0.15) is 0 Å². The van der Waals surface area contributed by atoms with E-state index in [1.807, 2.05) is 42.5 Å². The Balaban J connectivity index is 1.58. The SMILES string of the molecule is O=C(c1ccccc1)c1cc(Cl)ccc1NC(=O)c1ccccc1OCc1ccccc1. The van der Waals surface area contributed by atoms with Crippen LogP contribution >= 0.6 is 11.6 Å². The summed E-state index contributed by atoms with van der Waals surface area (Å²) in [5.41, 5.74) is 2.58. The number of hydrogen-bond acceptors (Lipinski definition) is 3. The molecule has 158 valence electrons. The van der Waals surface area contributed by atoms with E-state index in [2.05, 4.69) is 5.32 Å². The third kappa shape index (κ3) is 5.05. The second-order valence-corrected chi connectivity index (χ2v) is 7.55. The average Bonchev–Trinajstić information content (AvgIpc) is 2.84. The van der Waals surface area contributed by atoms with Gasteiger partial charge < -0.3 is 10.1 Å². The van der Waals surface area contributed by atoms with Crippen molar-refractivity contribution in [2.75, 3.05) is 5.32 Å². The molecule has 5 heteroatoms. The van der Waals surface area contributed by atoms with Gasteiger partial charge >= 0.3 is 0 Å². The third-order valence-electron chi connectivity index (χ3n) is 4.88. The lowest BCUT2D eigenvalue weighted by Crippen LogP contribution is -2.16. The minimum absolute atomic E-state index is 0.225. The van der Waals surface area contributed by atoms with Crippen molar-refractivity contribution in [1.29, 1.82) is 0 Å². The van der Waals surface area contributed by atoms with Gasteiger partial charge in [-0.1, -0.05) is 84.4 Å². The first-order chi connectivity index (χ1) is 15.6. The van der Waals surface area contributed by atoms with Crippen LogP contribution in [0, 0.1) is 0 Å². The minimum Gasteiger partial charge on any atom is -0.488 e. The van der Waals surface area contributed by atoms with Gasteiger partial charge in [-0.3, -0.25) is 9.59 Å². The van der Waals surface area contributed by atoms with E-state index < -0.39 is 0 Å². The first-order valence-electron chi connectivity index (χ1n) is 10.1. The second kappa shape index (κ2) is 9.94. The zero-order valence-corrected chi connectivity index (χ0v) is 17.9. The lowest BCUT2D eigenvalue weighted by Gasteiger charge is -2.14. The van der Waals surface area contributed by atoms with Crippen molar-refractivity contribution in [2.24, 2.45) is 0 Å². The highest BCUT2D eigenvalue weighted by molar-refractivity contribution is 6.31. The van der Waals surface area contributed by atoms with Gasteiger partial charge in [0.05, 0.1) is 11.3 Å². The molecule has 0 aromatic heterocycles. The molecule has 0 radical (unpaired) electrons. The second-order valence-electron chi connectivity index (χ2n) is 7.11. The van der Waals surface area contributed by atoms with Gasteiger partial charge in [0.2, 0.25) is 0 Å². The Bertz CT molecular complexity index is 1240. The molecule has 4 nitrogen and oxygen atoms in total. The van der Waals surface area contributed by atoms with Crippen LogP contribution in [-0.2, 0) is 6.61 Å². The molecule has 1 N–H and O–H groups in total. The van der Waals surface area contributed by atoms with E-state index in [0.717, 1.165) is 5.56 Å². The summed E-state index contributed by atoms with van der Waals surface area (Å²) in [6, 6.07) is 30.4. The molecule has 0 aliphatic carbocycles. The fraction of sp³-hybridized carbons (Fsp3) is 0.0370. The zero-order chi connectivity index (χ0) is 22.3. The van der Waals surface area contributed by atoms with Crippen LogP contribution in [0.5, 0.6) is 5.75 Å². The largest absolute Gasteiger partial charge is 0.488 e. The molecule has 4 rings (SSSR count). The van der Waals surface area contributed by atoms with Crippen molar-refractivity contribution in [2.45, 2.75) is 6.61 Å². The highest BCUT2D eigenvalue weighted by atomic mass is 35.5. The highest BCUT2D eigenvalue weighted by Gasteiger charge is 2.18. The number of anilines is 1. The lowest BCUT2D eigenvalue weighted by atomic mass is 10.0. The van der Waals surface area contributed by atoms with Gasteiger partial charge in [0, 0.05) is 16.1 Å². The number of hydrogen-bond donors (Lipinski definition) is 1. The molecule has 0 saturated carbocycles. The van der Waals surface area contributed by atoms with Gasteiger partial charge in [0.25, 0.3) is 5.91 Å². The smallest absolute Gasteiger partial charge is 0.259 e. The van der Waals surface area contributed by atoms with Crippen LogP contribution in [0.15, 0.2) is 103 Å². The monoisotopic (exact) mass is 441 g/mol. The minimum atomic E-state index is -0.377. The predicted octanol–water partition coefficient (Wildman–Crippen LogP) is 6.40. The van der Waals surface area contributed by atoms with E-state index in [0.29, 0.717) is 39.8 Å². The summed E-state index contributed by atoms with van der Waals surface area (Å²) in [6.45, 7) is 0.337. The molecule has 0 unspecified atom stereocenters. The van der Waals surface area contributed by atoms with Crippen molar-refractivity contribution in [1.82, 2.24) is 0 Å². The van der Waals surface area contributed by atoms with Gasteiger partial charge in [-0.05, 0) is 35.9 Å². The molecule has 4 aromatic rings. The van der Waals surface area contributed by atoms with Crippen molar-refractivity contribution < 1.29 is 14.3 Å². The average molecular weight is 442 g/mol. The van der Waals surface area contributed by atoms with Crippen LogP contribution in [-0.4, -0.2) is 11.7 Å². The van der Waals surface area contributed by atoms with Crippen LogP contribution in [0.25, 0.3) is 0 Å². The Morgan fingerprint density at radius 2 is 1.41 bits per heavy atom. The summed E-state index contributed by atoms with van der Waals surface area (Å²) >= 11 is 6.14. The number of carbonyl (C=O) groups excluding carboxylic acids is 2. The van der Waals surface area contributed by atoms with Crippen molar-refractivity contribution >= 4 is 29.0 Å². The van der Waals surface area contributed by atoms with Crippen LogP contribution in [0.4, 0.5) is 5.69 Å². The maximum atomic E-state index is 13.1. The fourth-order valence-corrected chi connectivity index (χ4v) is 3.44. The van der Waals surface area contributed by atoms with Gasteiger partial charge in [0.15, 0.2) is 5.78 Å². The van der Waals surface area contributed by atoms with Crippen molar-refractivity contribution in [3.8, 4) is 5.75 Å². The predicted molar refractivity (Wildman–Crippen MR) is 126 cm³/mol. The Morgan fingerprint density at radius 3 is 2.16 bits per heavy atom. The molecule has 0 aliphatic heterocycles. The summed E-state index contributed by atoms with van der Waals surface area (Å²) < 4.78 is 5.90. The van der Waals surface area contributed by atoms with Crippen LogP contribution in [0.2, 0.25) is 5.02 Å². The van der Waals surface area contributed by atoms with Crippen molar-refractivity contribution in [3.05, 3.63) is 130 Å². The van der Waals surface area contributed by atoms with Crippen LogP contribution < -0.4 is 10.1 Å². The molecule has 0 heterocycles. The third-order valence-corrected chi connectivity index (χ3v) is 5.11. The summed E-state index contributed by atoms with van der Waals surface area (Å²) in [5.74, 6) is -0.145. The first kappa shape index (κ1) is 21.3. The van der Waals surface area contributed by atoms with E-state index in [9.17, 15) is 9.59 Å². The van der Waals surface area contributed by atoms with Crippen molar-refractivity contribution in [3.63, 3.8) is 0 Å². The summed E-state index contributed by atoms with van der Waals surface area (Å²) in [5, 5.41) is 3.26. The number of benzene rings is 4. The van der Waals surface area contributed by atoms with E-state index in [4.69, 9.17) is 16.3 Å². The molecule has 0 spiro atoms. The quantitative estimate of drug-likeness (QED) is 0.337. The molecular formula is C27H20ClNO3. The standard InChI is InChI=1S/C27H20ClNO3/c28-21-15-16-24(23(17-21)26(30)20-11-5-2-6-12-20)29-27(31)22-13-7-8-14-25(22)32-18-19-9-3-1-4-10-19/h1-17H,18H2,(H,29,31). The zero-order valence-electron chi connectivity index (χ0n) is 17.1. The number of ether oxygens (including phenoxy) is 1. The molecular weight excluding hydrogens is 422 g/mol. The number of para-hydroxylation sites is 1. The number of ketones is 1. The molecule has 0 atom stereocenters. The van der Waals surface area contributed by atoms with Crippen LogP contribution in [0.3, 0.4) is 0 Å². The molecule has 32 heavy (non-hydrogen) atoms. The highest BCUT2D eigenvalue weighted by Crippen LogP contribution is 2.26. The van der Waals surface area contributed by atoms with Gasteiger partial charge in [0.1, 0.15) is 12.4 Å². The normalized spacial score (nSPS) is 10.4. The van der Waals surface area contributed by atoms with E-state index in [1.54, 1.807) is 60.7 Å². The fourth-order valence-electron chi connectivity index (χ4n) is 3.26. The number of amides is 1. The Labute approximate surface area is 191 Å². The van der Waals surface area contributed by atoms with E-state index >= 15 is 0 Å². The molecule has 0 bridgehead atoms. The van der Waals surface area contributed by atoms with Gasteiger partial charge in [-0.15, -0.1) is 0 Å². The van der Waals surface area contributed by atoms with Crippen LogP contribution in [0.1, 0.15) is 31.8 Å². The Hall–Kier alpha value is -3.89. The first-order valence-corrected chi connectivity index (χ1v) is 10.5.